The number of hydrogen-bond donors (Lipinski definition) is 2. The minimum absolute atomic E-state index is 0.197. The molecule has 0 aliphatic rings. The van der Waals surface area contributed by atoms with Gasteiger partial charge in [0.15, 0.2) is 11.0 Å². The van der Waals surface area contributed by atoms with Gasteiger partial charge in [0.2, 0.25) is 0 Å². The first-order valence-electron chi connectivity index (χ1n) is 4.41. The normalized spacial score (nSPS) is 9.93. The van der Waals surface area contributed by atoms with Crippen LogP contribution in [0.1, 0.15) is 23.4 Å². The van der Waals surface area contributed by atoms with Gasteiger partial charge in [0, 0.05) is 6.54 Å². The van der Waals surface area contributed by atoms with Crippen molar-refractivity contribution in [3.8, 4) is 0 Å². The van der Waals surface area contributed by atoms with Crippen molar-refractivity contribution >= 4 is 34.7 Å². The number of rotatable bonds is 5. The first-order valence-corrected chi connectivity index (χ1v) is 5.20. The molecule has 4 nitrogen and oxygen atoms in total. The van der Waals surface area contributed by atoms with E-state index in [9.17, 15) is 4.79 Å². The average Bonchev–Trinajstić information content (AvgIpc) is 2.59. The first kappa shape index (κ1) is 12.0. The number of nitrogens with one attached hydrogen (secondary N) is 1. The van der Waals surface area contributed by atoms with Crippen molar-refractivity contribution in [3.05, 3.63) is 23.1 Å². The third-order valence-corrected chi connectivity index (χ3v) is 2.09. The van der Waals surface area contributed by atoms with Crippen LogP contribution in [-0.2, 0) is 0 Å². The third-order valence-electron chi connectivity index (χ3n) is 1.68. The third kappa shape index (κ3) is 4.31. The molecule has 0 spiro atoms. The molecule has 0 aliphatic carbocycles. The van der Waals surface area contributed by atoms with Crippen LogP contribution in [0.4, 0.5) is 0 Å². The van der Waals surface area contributed by atoms with Crippen LogP contribution in [0.2, 0.25) is 5.22 Å². The number of hydrogen-bond acceptors (Lipinski definition) is 3. The van der Waals surface area contributed by atoms with E-state index in [1.165, 1.54) is 12.1 Å². The van der Waals surface area contributed by atoms with E-state index in [1.807, 2.05) is 0 Å². The van der Waals surface area contributed by atoms with Crippen LogP contribution in [0.25, 0.3) is 0 Å². The molecule has 0 unspecified atom stereocenters. The molecule has 1 rings (SSSR count). The summed E-state index contributed by atoms with van der Waals surface area (Å²) in [7, 11) is 0. The Hall–Kier alpha value is -1.07. The van der Waals surface area contributed by atoms with Crippen LogP contribution in [0.15, 0.2) is 16.5 Å². The Morgan fingerprint density at radius 1 is 1.60 bits per heavy atom. The van der Waals surface area contributed by atoms with E-state index in [0.717, 1.165) is 6.42 Å². The van der Waals surface area contributed by atoms with Gasteiger partial charge in [-0.3, -0.25) is 4.79 Å². The minimum Gasteiger partial charge on any atom is -0.440 e. The molecule has 1 heterocycles. The number of carbonyl (C=O) groups excluding carboxylic acids is 1. The Morgan fingerprint density at radius 3 is 2.87 bits per heavy atom. The summed E-state index contributed by atoms with van der Waals surface area (Å²) < 4.78 is 4.93. The fraction of sp³-hybridized carbons (Fsp3) is 0.333. The SMILES string of the molecule is NC(=S)CCCNC(=O)c1ccc(Cl)o1. The van der Waals surface area contributed by atoms with Crippen molar-refractivity contribution < 1.29 is 9.21 Å². The highest BCUT2D eigenvalue weighted by atomic mass is 35.5. The lowest BCUT2D eigenvalue weighted by atomic mass is 10.3. The summed E-state index contributed by atoms with van der Waals surface area (Å²) in [5.74, 6) is -0.0832. The van der Waals surface area contributed by atoms with E-state index in [1.54, 1.807) is 0 Å². The molecule has 1 aromatic rings. The Labute approximate surface area is 97.8 Å². The fourth-order valence-corrected chi connectivity index (χ4v) is 1.28. The summed E-state index contributed by atoms with van der Waals surface area (Å²) >= 11 is 10.2. The molecular formula is C9H11ClN2O2S. The quantitative estimate of drug-likeness (QED) is 0.613. The summed E-state index contributed by atoms with van der Waals surface area (Å²) in [5, 5.41) is 2.86. The highest BCUT2D eigenvalue weighted by Crippen LogP contribution is 2.12. The maximum atomic E-state index is 11.4. The Bertz CT molecular complexity index is 365. The van der Waals surface area contributed by atoms with Crippen LogP contribution in [0.5, 0.6) is 0 Å². The zero-order chi connectivity index (χ0) is 11.3. The van der Waals surface area contributed by atoms with Crippen molar-refractivity contribution in [2.75, 3.05) is 6.54 Å². The lowest BCUT2D eigenvalue weighted by Crippen LogP contribution is -2.24. The second kappa shape index (κ2) is 5.72. The van der Waals surface area contributed by atoms with Gasteiger partial charge in [-0.15, -0.1) is 0 Å². The summed E-state index contributed by atoms with van der Waals surface area (Å²) in [6.45, 7) is 0.508. The Morgan fingerprint density at radius 2 is 2.33 bits per heavy atom. The molecule has 0 atom stereocenters. The molecular weight excluding hydrogens is 236 g/mol. The van der Waals surface area contributed by atoms with Crippen LogP contribution >= 0.6 is 23.8 Å². The number of thiocarbonyl (C=S) groups is 1. The summed E-state index contributed by atoms with van der Waals surface area (Å²) in [6.07, 6.45) is 1.34. The van der Waals surface area contributed by atoms with Crippen molar-refractivity contribution in [2.45, 2.75) is 12.8 Å². The number of carbonyl (C=O) groups is 1. The lowest BCUT2D eigenvalue weighted by molar-refractivity contribution is 0.0926. The van der Waals surface area contributed by atoms with Gasteiger partial charge in [-0.05, 0) is 36.6 Å². The smallest absolute Gasteiger partial charge is 0.287 e. The second-order valence-corrected chi connectivity index (χ2v) is 3.83. The van der Waals surface area contributed by atoms with Gasteiger partial charge < -0.3 is 15.5 Å². The van der Waals surface area contributed by atoms with Crippen molar-refractivity contribution in [1.82, 2.24) is 5.32 Å². The lowest BCUT2D eigenvalue weighted by Gasteiger charge is -2.01. The van der Waals surface area contributed by atoms with Crippen molar-refractivity contribution in [1.29, 1.82) is 0 Å². The van der Waals surface area contributed by atoms with E-state index >= 15 is 0 Å². The van der Waals surface area contributed by atoms with Gasteiger partial charge in [-0.2, -0.15) is 0 Å². The largest absolute Gasteiger partial charge is 0.440 e. The van der Waals surface area contributed by atoms with E-state index in [2.05, 4.69) is 5.32 Å². The van der Waals surface area contributed by atoms with Crippen LogP contribution < -0.4 is 11.1 Å². The van der Waals surface area contributed by atoms with Gasteiger partial charge in [0.05, 0.1) is 4.99 Å². The molecule has 1 amide bonds. The maximum absolute atomic E-state index is 11.4. The summed E-state index contributed by atoms with van der Waals surface area (Å²) in [4.78, 5) is 11.8. The summed E-state index contributed by atoms with van der Waals surface area (Å²) in [5.41, 5.74) is 5.31. The molecule has 6 heteroatoms. The van der Waals surface area contributed by atoms with Gasteiger partial charge in [-0.1, -0.05) is 12.2 Å². The van der Waals surface area contributed by atoms with Gasteiger partial charge in [-0.25, -0.2) is 0 Å². The van der Waals surface area contributed by atoms with E-state index in [0.29, 0.717) is 18.0 Å². The Balaban J connectivity index is 2.28. The van der Waals surface area contributed by atoms with Crippen LogP contribution in [0, 0.1) is 0 Å². The highest BCUT2D eigenvalue weighted by Gasteiger charge is 2.09. The molecule has 15 heavy (non-hydrogen) atoms. The molecule has 0 radical (unpaired) electrons. The monoisotopic (exact) mass is 246 g/mol. The predicted molar refractivity (Wildman–Crippen MR) is 62.1 cm³/mol. The second-order valence-electron chi connectivity index (χ2n) is 2.93. The van der Waals surface area contributed by atoms with Crippen LogP contribution in [-0.4, -0.2) is 17.4 Å². The number of nitrogens with two attached hydrogens (primary N) is 1. The molecule has 1 aromatic heterocycles. The average molecular weight is 247 g/mol. The van der Waals surface area contributed by atoms with E-state index in [4.69, 9.17) is 34.0 Å². The number of amides is 1. The van der Waals surface area contributed by atoms with Crippen molar-refractivity contribution in [2.24, 2.45) is 5.73 Å². The number of halogens is 1. The zero-order valence-electron chi connectivity index (χ0n) is 7.96. The van der Waals surface area contributed by atoms with Gasteiger partial charge in [0.25, 0.3) is 5.91 Å². The topological polar surface area (TPSA) is 68.3 Å². The Kier molecular flexibility index (Phi) is 4.58. The molecule has 0 bridgehead atoms. The van der Waals surface area contributed by atoms with Crippen molar-refractivity contribution in [3.63, 3.8) is 0 Å². The first-order chi connectivity index (χ1) is 7.09. The van der Waals surface area contributed by atoms with Crippen LogP contribution in [0.3, 0.4) is 0 Å². The van der Waals surface area contributed by atoms with E-state index < -0.39 is 0 Å². The minimum atomic E-state index is -0.287. The molecule has 0 saturated carbocycles. The maximum Gasteiger partial charge on any atom is 0.287 e. The zero-order valence-corrected chi connectivity index (χ0v) is 9.53. The predicted octanol–water partition coefficient (Wildman–Crippen LogP) is 1.73. The molecule has 0 saturated heterocycles. The van der Waals surface area contributed by atoms with Gasteiger partial charge >= 0.3 is 0 Å². The molecule has 0 aromatic carbocycles. The molecule has 3 N–H and O–H groups in total. The molecule has 82 valence electrons. The molecule has 0 aliphatic heterocycles. The molecule has 0 fully saturated rings. The standard InChI is InChI=1S/C9H11ClN2O2S/c10-7-4-3-6(14-7)9(13)12-5-1-2-8(11)15/h3-4H,1-2,5H2,(H2,11,15)(H,12,13). The van der Waals surface area contributed by atoms with Gasteiger partial charge in [0.1, 0.15) is 0 Å². The van der Waals surface area contributed by atoms with E-state index in [-0.39, 0.29) is 16.9 Å². The number of furan rings is 1. The summed E-state index contributed by atoms with van der Waals surface area (Å²) in [6, 6.07) is 3.04. The fourth-order valence-electron chi connectivity index (χ4n) is 0.988. The highest BCUT2D eigenvalue weighted by molar-refractivity contribution is 7.80.